The molecular weight excluding hydrogens is 262 g/mol. The van der Waals surface area contributed by atoms with Crippen LogP contribution in [0.25, 0.3) is 0 Å². The van der Waals surface area contributed by atoms with Crippen LogP contribution in [0.3, 0.4) is 0 Å². The van der Waals surface area contributed by atoms with Crippen LogP contribution in [0.5, 0.6) is 5.75 Å². The molecule has 1 aromatic carbocycles. The molecule has 1 N–H and O–H groups in total. The van der Waals surface area contributed by atoms with Crippen LogP contribution in [0, 0.1) is 0 Å². The van der Waals surface area contributed by atoms with E-state index in [0.717, 1.165) is 58.0 Å². The molecule has 1 aromatic rings. The molecule has 1 fully saturated rings. The summed E-state index contributed by atoms with van der Waals surface area (Å²) >= 11 is 0. The SMILES string of the molecule is CCCNCc1ccc(N2CCN(CC)CC2)c(OC)c1. The van der Waals surface area contributed by atoms with Crippen molar-refractivity contribution in [3.05, 3.63) is 23.8 Å². The molecule has 0 aliphatic carbocycles. The summed E-state index contributed by atoms with van der Waals surface area (Å²) in [5, 5.41) is 3.44. The van der Waals surface area contributed by atoms with E-state index in [1.54, 1.807) is 7.11 Å². The number of ether oxygens (including phenoxy) is 1. The second-order valence-corrected chi connectivity index (χ2v) is 5.60. The summed E-state index contributed by atoms with van der Waals surface area (Å²) in [5.74, 6) is 0.996. The van der Waals surface area contributed by atoms with Crippen molar-refractivity contribution in [1.82, 2.24) is 10.2 Å². The smallest absolute Gasteiger partial charge is 0.142 e. The van der Waals surface area contributed by atoms with Gasteiger partial charge in [0.2, 0.25) is 0 Å². The van der Waals surface area contributed by atoms with Gasteiger partial charge in [0.25, 0.3) is 0 Å². The van der Waals surface area contributed by atoms with Crippen molar-refractivity contribution < 1.29 is 4.74 Å². The Morgan fingerprint density at radius 2 is 1.90 bits per heavy atom. The molecule has 0 aromatic heterocycles. The zero-order valence-corrected chi connectivity index (χ0v) is 13.7. The van der Waals surface area contributed by atoms with Crippen LogP contribution < -0.4 is 15.0 Å². The molecule has 118 valence electrons. The molecule has 1 heterocycles. The molecule has 0 bridgehead atoms. The Kier molecular flexibility index (Phi) is 6.33. The van der Waals surface area contributed by atoms with E-state index < -0.39 is 0 Å². The summed E-state index contributed by atoms with van der Waals surface area (Å²) in [6.45, 7) is 12.0. The van der Waals surface area contributed by atoms with E-state index >= 15 is 0 Å². The third-order valence-corrected chi connectivity index (χ3v) is 4.16. The van der Waals surface area contributed by atoms with Crippen LogP contribution in [-0.2, 0) is 6.54 Å². The van der Waals surface area contributed by atoms with Gasteiger partial charge in [0, 0.05) is 32.7 Å². The van der Waals surface area contributed by atoms with Crippen LogP contribution in [0.4, 0.5) is 5.69 Å². The molecule has 0 saturated carbocycles. The van der Waals surface area contributed by atoms with Crippen molar-refractivity contribution in [2.45, 2.75) is 26.8 Å². The van der Waals surface area contributed by atoms with E-state index in [-0.39, 0.29) is 0 Å². The highest BCUT2D eigenvalue weighted by atomic mass is 16.5. The van der Waals surface area contributed by atoms with Crippen molar-refractivity contribution in [3.63, 3.8) is 0 Å². The van der Waals surface area contributed by atoms with Gasteiger partial charge in [-0.05, 0) is 37.2 Å². The van der Waals surface area contributed by atoms with Gasteiger partial charge in [-0.25, -0.2) is 0 Å². The molecule has 0 amide bonds. The number of rotatable bonds is 7. The lowest BCUT2D eigenvalue weighted by Crippen LogP contribution is -2.46. The number of anilines is 1. The summed E-state index contributed by atoms with van der Waals surface area (Å²) in [6.07, 6.45) is 1.16. The van der Waals surface area contributed by atoms with Gasteiger partial charge in [0.1, 0.15) is 5.75 Å². The minimum Gasteiger partial charge on any atom is -0.495 e. The third-order valence-electron chi connectivity index (χ3n) is 4.16. The van der Waals surface area contributed by atoms with Crippen molar-refractivity contribution in [2.24, 2.45) is 0 Å². The fourth-order valence-corrected chi connectivity index (χ4v) is 2.81. The molecule has 4 heteroatoms. The minimum atomic E-state index is 0.911. The number of hydrogen-bond donors (Lipinski definition) is 1. The summed E-state index contributed by atoms with van der Waals surface area (Å²) in [4.78, 5) is 4.93. The van der Waals surface area contributed by atoms with Crippen molar-refractivity contribution in [1.29, 1.82) is 0 Å². The van der Waals surface area contributed by atoms with Gasteiger partial charge in [0.15, 0.2) is 0 Å². The Balaban J connectivity index is 2.02. The van der Waals surface area contributed by atoms with Gasteiger partial charge in [-0.2, -0.15) is 0 Å². The molecule has 2 rings (SSSR count). The van der Waals surface area contributed by atoms with Gasteiger partial charge < -0.3 is 19.9 Å². The maximum Gasteiger partial charge on any atom is 0.142 e. The molecule has 1 saturated heterocycles. The average Bonchev–Trinajstić information content (AvgIpc) is 2.55. The zero-order chi connectivity index (χ0) is 15.1. The number of methoxy groups -OCH3 is 1. The van der Waals surface area contributed by atoms with Gasteiger partial charge >= 0.3 is 0 Å². The lowest BCUT2D eigenvalue weighted by atomic mass is 10.1. The highest BCUT2D eigenvalue weighted by molar-refractivity contribution is 5.60. The zero-order valence-electron chi connectivity index (χ0n) is 13.7. The Morgan fingerprint density at radius 1 is 1.14 bits per heavy atom. The molecule has 4 nitrogen and oxygen atoms in total. The van der Waals surface area contributed by atoms with Crippen molar-refractivity contribution in [3.8, 4) is 5.75 Å². The van der Waals surface area contributed by atoms with E-state index in [2.05, 4.69) is 47.2 Å². The van der Waals surface area contributed by atoms with E-state index in [9.17, 15) is 0 Å². The second-order valence-electron chi connectivity index (χ2n) is 5.60. The number of likely N-dealkylation sites (N-methyl/N-ethyl adjacent to an activating group) is 1. The first-order valence-corrected chi connectivity index (χ1v) is 8.13. The van der Waals surface area contributed by atoms with E-state index in [1.165, 1.54) is 11.3 Å². The first-order chi connectivity index (χ1) is 10.3. The predicted molar refractivity (Wildman–Crippen MR) is 89.3 cm³/mol. The fraction of sp³-hybridized carbons (Fsp3) is 0.647. The van der Waals surface area contributed by atoms with Crippen LogP contribution in [0.2, 0.25) is 0 Å². The topological polar surface area (TPSA) is 27.7 Å². The Hall–Kier alpha value is -1.26. The highest BCUT2D eigenvalue weighted by Gasteiger charge is 2.18. The number of piperazine rings is 1. The number of nitrogens with one attached hydrogen (secondary N) is 1. The Morgan fingerprint density at radius 3 is 2.52 bits per heavy atom. The fourth-order valence-electron chi connectivity index (χ4n) is 2.81. The lowest BCUT2D eigenvalue weighted by molar-refractivity contribution is 0.270. The molecule has 0 radical (unpaired) electrons. The first kappa shape index (κ1) is 16.1. The largest absolute Gasteiger partial charge is 0.495 e. The highest BCUT2D eigenvalue weighted by Crippen LogP contribution is 2.30. The summed E-state index contributed by atoms with van der Waals surface area (Å²) in [5.41, 5.74) is 2.52. The molecule has 0 spiro atoms. The maximum atomic E-state index is 5.62. The van der Waals surface area contributed by atoms with E-state index in [4.69, 9.17) is 4.74 Å². The quantitative estimate of drug-likeness (QED) is 0.780. The van der Waals surface area contributed by atoms with E-state index in [1.807, 2.05) is 0 Å². The molecule has 0 unspecified atom stereocenters. The average molecular weight is 291 g/mol. The van der Waals surface area contributed by atoms with Gasteiger partial charge in [-0.3, -0.25) is 0 Å². The normalized spacial score (nSPS) is 16.2. The summed E-state index contributed by atoms with van der Waals surface area (Å²) < 4.78 is 5.62. The maximum absolute atomic E-state index is 5.62. The monoisotopic (exact) mass is 291 g/mol. The van der Waals surface area contributed by atoms with E-state index in [0.29, 0.717) is 0 Å². The molecule has 0 atom stereocenters. The lowest BCUT2D eigenvalue weighted by Gasteiger charge is -2.36. The van der Waals surface area contributed by atoms with Crippen molar-refractivity contribution in [2.75, 3.05) is 51.3 Å². The Labute approximate surface area is 129 Å². The van der Waals surface area contributed by atoms with Gasteiger partial charge in [-0.15, -0.1) is 0 Å². The first-order valence-electron chi connectivity index (χ1n) is 8.13. The molecular formula is C17H29N3O. The molecule has 1 aliphatic heterocycles. The summed E-state index contributed by atoms with van der Waals surface area (Å²) in [6, 6.07) is 6.60. The van der Waals surface area contributed by atoms with Crippen LogP contribution in [-0.4, -0.2) is 51.3 Å². The van der Waals surface area contributed by atoms with Crippen molar-refractivity contribution >= 4 is 5.69 Å². The van der Waals surface area contributed by atoms with Gasteiger partial charge in [0.05, 0.1) is 12.8 Å². The van der Waals surface area contributed by atoms with Crippen LogP contribution in [0.1, 0.15) is 25.8 Å². The van der Waals surface area contributed by atoms with Crippen LogP contribution >= 0.6 is 0 Å². The summed E-state index contributed by atoms with van der Waals surface area (Å²) in [7, 11) is 1.77. The third kappa shape index (κ3) is 4.35. The second kappa shape index (κ2) is 8.25. The predicted octanol–water partition coefficient (Wildman–Crippen LogP) is 2.34. The molecule has 21 heavy (non-hydrogen) atoms. The van der Waals surface area contributed by atoms with Gasteiger partial charge in [-0.1, -0.05) is 19.9 Å². The number of nitrogens with zero attached hydrogens (tertiary/aromatic N) is 2. The Bertz CT molecular complexity index is 428. The molecule has 1 aliphatic rings. The minimum absolute atomic E-state index is 0.911. The number of hydrogen-bond acceptors (Lipinski definition) is 4. The van der Waals surface area contributed by atoms with Crippen LogP contribution in [0.15, 0.2) is 18.2 Å². The standard InChI is InChI=1S/C17H29N3O/c1-4-8-18-14-15-6-7-16(17(13-15)21-3)20-11-9-19(5-2)10-12-20/h6-7,13,18H,4-5,8-12,14H2,1-3H3. The number of benzene rings is 1.